The van der Waals surface area contributed by atoms with Crippen LogP contribution >= 0.6 is 0 Å². The second-order valence-electron chi connectivity index (χ2n) is 5.21. The largest absolute Gasteiger partial charge is 0.377 e. The molecule has 0 saturated carbocycles. The van der Waals surface area contributed by atoms with Crippen molar-refractivity contribution in [1.29, 1.82) is 0 Å². The van der Waals surface area contributed by atoms with Crippen molar-refractivity contribution in [3.05, 3.63) is 18.1 Å². The third-order valence-corrected chi connectivity index (χ3v) is 3.13. The molecule has 1 aliphatic rings. The molecule has 0 unspecified atom stereocenters. The van der Waals surface area contributed by atoms with E-state index in [0.717, 1.165) is 5.82 Å². The number of nitrogens with zero attached hydrogens (tertiary/aromatic N) is 3. The van der Waals surface area contributed by atoms with Gasteiger partial charge in [0.2, 0.25) is 5.91 Å². The van der Waals surface area contributed by atoms with Crippen molar-refractivity contribution in [3.8, 4) is 0 Å². The smallest absolute Gasteiger partial charge is 0.249 e. The van der Waals surface area contributed by atoms with Crippen LogP contribution in [-0.4, -0.2) is 60.3 Å². The normalized spacial score (nSPS) is 18.9. The van der Waals surface area contributed by atoms with Crippen molar-refractivity contribution >= 4 is 11.7 Å². The van der Waals surface area contributed by atoms with E-state index in [0.29, 0.717) is 25.6 Å². The summed E-state index contributed by atoms with van der Waals surface area (Å²) < 4.78 is 10.4. The molecule has 1 atom stereocenters. The monoisotopic (exact) mass is 294 g/mol. The van der Waals surface area contributed by atoms with Crippen LogP contribution in [0.25, 0.3) is 0 Å². The molecule has 1 saturated heterocycles. The summed E-state index contributed by atoms with van der Waals surface area (Å²) in [6.07, 6.45) is 1.70. The van der Waals surface area contributed by atoms with E-state index in [2.05, 4.69) is 15.3 Å². The van der Waals surface area contributed by atoms with Crippen molar-refractivity contribution in [3.63, 3.8) is 0 Å². The lowest BCUT2D eigenvalue weighted by molar-refractivity contribution is -0.144. The number of anilines is 1. The van der Waals surface area contributed by atoms with Gasteiger partial charge < -0.3 is 19.7 Å². The van der Waals surface area contributed by atoms with Crippen LogP contribution in [0.5, 0.6) is 0 Å². The van der Waals surface area contributed by atoms with Crippen molar-refractivity contribution in [2.24, 2.45) is 0 Å². The fourth-order valence-corrected chi connectivity index (χ4v) is 2.23. The van der Waals surface area contributed by atoms with Gasteiger partial charge in [-0.2, -0.15) is 0 Å². The highest BCUT2D eigenvalue weighted by molar-refractivity contribution is 5.78. The number of ether oxygens (including phenoxy) is 2. The fourth-order valence-electron chi connectivity index (χ4n) is 2.23. The van der Waals surface area contributed by atoms with Crippen molar-refractivity contribution < 1.29 is 14.3 Å². The fraction of sp³-hybridized carbons (Fsp3) is 0.643. The Bertz CT molecular complexity index is 481. The van der Waals surface area contributed by atoms with Crippen LogP contribution < -0.4 is 5.32 Å². The highest BCUT2D eigenvalue weighted by atomic mass is 16.5. The summed E-state index contributed by atoms with van der Waals surface area (Å²) in [6, 6.07) is 1.83. The van der Waals surface area contributed by atoms with Gasteiger partial charge in [0.05, 0.1) is 13.2 Å². The molecule has 1 aromatic rings. The number of rotatable bonds is 5. The summed E-state index contributed by atoms with van der Waals surface area (Å²) in [4.78, 5) is 22.6. The zero-order chi connectivity index (χ0) is 15.2. The topological polar surface area (TPSA) is 76.6 Å². The second kappa shape index (κ2) is 7.33. The Hall–Kier alpha value is -1.73. The number of nitrogens with one attached hydrogen (secondary N) is 1. The molecule has 1 amide bonds. The van der Waals surface area contributed by atoms with Gasteiger partial charge >= 0.3 is 0 Å². The molecule has 116 valence electrons. The Morgan fingerprint density at radius 2 is 2.43 bits per heavy atom. The molecule has 1 N–H and O–H groups in total. The van der Waals surface area contributed by atoms with E-state index in [-0.39, 0.29) is 24.6 Å². The molecule has 0 aliphatic carbocycles. The SMILES string of the molecule is COCC(=O)N1CCOC[C@H]1c1nccc(NC(C)C)n1. The molecule has 2 rings (SSSR count). The van der Waals surface area contributed by atoms with Crippen LogP contribution in [0.2, 0.25) is 0 Å². The first-order valence-corrected chi connectivity index (χ1v) is 7.07. The van der Waals surface area contributed by atoms with E-state index < -0.39 is 0 Å². The third-order valence-electron chi connectivity index (χ3n) is 3.13. The van der Waals surface area contributed by atoms with Gasteiger partial charge in [-0.1, -0.05) is 0 Å². The van der Waals surface area contributed by atoms with Crippen molar-refractivity contribution in [2.75, 3.05) is 38.8 Å². The van der Waals surface area contributed by atoms with Crippen LogP contribution in [0, 0.1) is 0 Å². The highest BCUT2D eigenvalue weighted by Gasteiger charge is 2.30. The summed E-state index contributed by atoms with van der Waals surface area (Å²) in [5.74, 6) is 1.26. The summed E-state index contributed by atoms with van der Waals surface area (Å²) in [5.41, 5.74) is 0. The quantitative estimate of drug-likeness (QED) is 0.867. The zero-order valence-electron chi connectivity index (χ0n) is 12.7. The number of amides is 1. The molecule has 1 aromatic heterocycles. The number of methoxy groups -OCH3 is 1. The van der Waals surface area contributed by atoms with Gasteiger partial charge in [0, 0.05) is 25.9 Å². The molecular weight excluding hydrogens is 272 g/mol. The Morgan fingerprint density at radius 1 is 1.62 bits per heavy atom. The maximum absolute atomic E-state index is 12.1. The first-order chi connectivity index (χ1) is 10.1. The predicted molar refractivity (Wildman–Crippen MR) is 77.9 cm³/mol. The highest BCUT2D eigenvalue weighted by Crippen LogP contribution is 2.22. The van der Waals surface area contributed by atoms with E-state index in [1.54, 1.807) is 11.1 Å². The maximum Gasteiger partial charge on any atom is 0.249 e. The number of aromatic nitrogens is 2. The summed E-state index contributed by atoms with van der Waals surface area (Å²) in [7, 11) is 1.51. The molecule has 0 aromatic carbocycles. The standard InChI is InChI=1S/C14H22N4O3/c1-10(2)16-12-4-5-15-14(17-12)11-8-21-7-6-18(11)13(19)9-20-3/h4-5,10-11H,6-9H2,1-3H3,(H,15,16,17)/t11-/m0/s1. The van der Waals surface area contributed by atoms with E-state index >= 15 is 0 Å². The van der Waals surface area contributed by atoms with Crippen molar-refractivity contribution in [2.45, 2.75) is 25.9 Å². The molecule has 1 fully saturated rings. The Kier molecular flexibility index (Phi) is 5.46. The first-order valence-electron chi connectivity index (χ1n) is 7.07. The van der Waals surface area contributed by atoms with Crippen LogP contribution in [0.3, 0.4) is 0 Å². The van der Waals surface area contributed by atoms with Gasteiger partial charge in [0.25, 0.3) is 0 Å². The Balaban J connectivity index is 2.18. The van der Waals surface area contributed by atoms with E-state index in [9.17, 15) is 4.79 Å². The molecule has 7 nitrogen and oxygen atoms in total. The molecule has 0 bridgehead atoms. The van der Waals surface area contributed by atoms with E-state index in [1.165, 1.54) is 7.11 Å². The molecule has 7 heteroatoms. The lowest BCUT2D eigenvalue weighted by Gasteiger charge is -2.34. The number of hydrogen-bond acceptors (Lipinski definition) is 6. The molecule has 0 radical (unpaired) electrons. The minimum atomic E-state index is -0.268. The zero-order valence-corrected chi connectivity index (χ0v) is 12.7. The van der Waals surface area contributed by atoms with Gasteiger partial charge in [0.15, 0.2) is 5.82 Å². The van der Waals surface area contributed by atoms with Crippen LogP contribution in [0.1, 0.15) is 25.7 Å². The maximum atomic E-state index is 12.1. The number of carbonyl (C=O) groups is 1. The number of hydrogen-bond donors (Lipinski definition) is 1. The van der Waals surface area contributed by atoms with Gasteiger partial charge in [-0.25, -0.2) is 9.97 Å². The third kappa shape index (κ3) is 4.12. The average Bonchev–Trinajstić information content (AvgIpc) is 2.47. The summed E-state index contributed by atoms with van der Waals surface area (Å²) in [6.45, 7) is 5.59. The van der Waals surface area contributed by atoms with Crippen LogP contribution in [-0.2, 0) is 14.3 Å². The Labute approximate surface area is 124 Å². The van der Waals surface area contributed by atoms with Gasteiger partial charge in [0.1, 0.15) is 18.5 Å². The van der Waals surface area contributed by atoms with Crippen LogP contribution in [0.4, 0.5) is 5.82 Å². The van der Waals surface area contributed by atoms with Gasteiger partial charge in [-0.3, -0.25) is 4.79 Å². The van der Waals surface area contributed by atoms with E-state index in [4.69, 9.17) is 9.47 Å². The van der Waals surface area contributed by atoms with Gasteiger partial charge in [-0.15, -0.1) is 0 Å². The summed E-state index contributed by atoms with van der Waals surface area (Å²) >= 11 is 0. The molecule has 21 heavy (non-hydrogen) atoms. The molecule has 0 spiro atoms. The van der Waals surface area contributed by atoms with E-state index in [1.807, 2.05) is 19.9 Å². The lowest BCUT2D eigenvalue weighted by Crippen LogP contribution is -2.45. The lowest BCUT2D eigenvalue weighted by atomic mass is 10.2. The minimum Gasteiger partial charge on any atom is -0.377 e. The summed E-state index contributed by atoms with van der Waals surface area (Å²) in [5, 5.41) is 3.23. The van der Waals surface area contributed by atoms with Crippen LogP contribution in [0.15, 0.2) is 12.3 Å². The predicted octanol–water partition coefficient (Wildman–Crippen LogP) is 0.843. The molecule has 2 heterocycles. The Morgan fingerprint density at radius 3 is 3.14 bits per heavy atom. The van der Waals surface area contributed by atoms with Gasteiger partial charge in [-0.05, 0) is 19.9 Å². The minimum absolute atomic E-state index is 0.0560. The average molecular weight is 294 g/mol. The second-order valence-corrected chi connectivity index (χ2v) is 5.21. The molecular formula is C14H22N4O3. The molecule has 1 aliphatic heterocycles. The number of carbonyl (C=O) groups excluding carboxylic acids is 1. The first kappa shape index (κ1) is 15.7. The van der Waals surface area contributed by atoms with Crippen molar-refractivity contribution in [1.82, 2.24) is 14.9 Å². The number of morpholine rings is 1.